The summed E-state index contributed by atoms with van der Waals surface area (Å²) >= 11 is 0. The highest BCUT2D eigenvalue weighted by Crippen LogP contribution is 2.22. The van der Waals surface area contributed by atoms with E-state index in [1.165, 1.54) is 24.2 Å². The molecule has 20 heavy (non-hydrogen) atoms. The number of benzene rings is 1. The lowest BCUT2D eigenvalue weighted by molar-refractivity contribution is 0.384. The molecule has 1 aliphatic heterocycles. The molecule has 1 aromatic rings. The Morgan fingerprint density at radius 2 is 2.00 bits per heavy atom. The van der Waals surface area contributed by atoms with Crippen LogP contribution in [0, 0.1) is 5.92 Å². The van der Waals surface area contributed by atoms with Gasteiger partial charge in [-0.3, -0.25) is 0 Å². The number of rotatable bonds is 4. The maximum atomic E-state index is 3.71. The summed E-state index contributed by atoms with van der Waals surface area (Å²) in [7, 11) is 4.17. The number of nitrogens with zero attached hydrogens (tertiary/aromatic N) is 2. The van der Waals surface area contributed by atoms with E-state index in [9.17, 15) is 0 Å². The van der Waals surface area contributed by atoms with Crippen molar-refractivity contribution in [3.8, 4) is 0 Å². The molecule has 0 saturated carbocycles. The molecule has 0 aliphatic carbocycles. The molecule has 1 N–H and O–H groups in total. The second kappa shape index (κ2) is 6.98. The molecule has 2 rings (SSSR count). The zero-order valence-electron chi connectivity index (χ0n) is 13.4. The molecule has 2 unspecified atom stereocenters. The summed E-state index contributed by atoms with van der Waals surface area (Å²) < 4.78 is 0. The topological polar surface area (TPSA) is 18.5 Å². The fraction of sp³-hybridized carbons (Fsp3) is 0.647. The normalized spacial score (nSPS) is 21.4. The number of anilines is 2. The molecule has 0 spiro atoms. The number of nitrogens with one attached hydrogen (secondary N) is 1. The lowest BCUT2D eigenvalue weighted by Gasteiger charge is -2.30. The highest BCUT2D eigenvalue weighted by molar-refractivity contribution is 5.56. The van der Waals surface area contributed by atoms with Crippen LogP contribution in [0.4, 0.5) is 11.4 Å². The summed E-state index contributed by atoms with van der Waals surface area (Å²) in [5, 5.41) is 3.71. The van der Waals surface area contributed by atoms with E-state index in [-0.39, 0.29) is 0 Å². The molecule has 0 radical (unpaired) electrons. The van der Waals surface area contributed by atoms with Gasteiger partial charge < -0.3 is 15.1 Å². The van der Waals surface area contributed by atoms with Crippen molar-refractivity contribution >= 4 is 11.4 Å². The minimum Gasteiger partial charge on any atom is -0.378 e. The third-order valence-electron chi connectivity index (χ3n) is 4.49. The van der Waals surface area contributed by atoms with Crippen LogP contribution >= 0.6 is 0 Å². The summed E-state index contributed by atoms with van der Waals surface area (Å²) in [6, 6.07) is 9.55. The summed E-state index contributed by atoms with van der Waals surface area (Å²) in [6.07, 6.45) is 2.47. The summed E-state index contributed by atoms with van der Waals surface area (Å²) in [5.74, 6) is 0.733. The van der Waals surface area contributed by atoms with Crippen molar-refractivity contribution in [1.82, 2.24) is 5.32 Å². The smallest absolute Gasteiger partial charge is 0.0368 e. The quantitative estimate of drug-likeness (QED) is 0.911. The molecule has 0 amide bonds. The van der Waals surface area contributed by atoms with Crippen LogP contribution in [0.1, 0.15) is 26.7 Å². The van der Waals surface area contributed by atoms with E-state index < -0.39 is 0 Å². The van der Waals surface area contributed by atoms with E-state index in [1.54, 1.807) is 0 Å². The van der Waals surface area contributed by atoms with Crippen molar-refractivity contribution in [3.63, 3.8) is 0 Å². The van der Waals surface area contributed by atoms with E-state index in [1.807, 2.05) is 0 Å². The van der Waals surface area contributed by atoms with Crippen molar-refractivity contribution in [3.05, 3.63) is 24.3 Å². The van der Waals surface area contributed by atoms with E-state index in [4.69, 9.17) is 0 Å². The highest BCUT2D eigenvalue weighted by atomic mass is 15.2. The zero-order chi connectivity index (χ0) is 14.5. The molecule has 2 atom stereocenters. The van der Waals surface area contributed by atoms with E-state index in [0.29, 0.717) is 6.04 Å². The zero-order valence-corrected chi connectivity index (χ0v) is 13.4. The van der Waals surface area contributed by atoms with Gasteiger partial charge in [0.2, 0.25) is 0 Å². The van der Waals surface area contributed by atoms with Crippen molar-refractivity contribution < 1.29 is 0 Å². The van der Waals surface area contributed by atoms with Crippen molar-refractivity contribution in [2.24, 2.45) is 5.92 Å². The standard InChI is InChI=1S/C17H29N3/c1-5-14(2)17-13-20(12-6-11-18-17)16-9-7-15(8-10-16)19(3)4/h7-10,14,17-18H,5-6,11-13H2,1-4H3. The van der Waals surface area contributed by atoms with Crippen LogP contribution in [0.25, 0.3) is 0 Å². The molecule has 3 heteroatoms. The first-order valence-electron chi connectivity index (χ1n) is 7.87. The Morgan fingerprint density at radius 3 is 2.60 bits per heavy atom. The largest absolute Gasteiger partial charge is 0.378 e. The molecule has 112 valence electrons. The third kappa shape index (κ3) is 3.66. The third-order valence-corrected chi connectivity index (χ3v) is 4.49. The Balaban J connectivity index is 2.09. The van der Waals surface area contributed by atoms with Gasteiger partial charge in [0, 0.05) is 44.6 Å². The molecule has 1 heterocycles. The maximum absolute atomic E-state index is 3.71. The van der Waals surface area contributed by atoms with Crippen LogP contribution < -0.4 is 15.1 Å². The van der Waals surface area contributed by atoms with Gasteiger partial charge in [-0.05, 0) is 43.1 Å². The summed E-state index contributed by atoms with van der Waals surface area (Å²) in [6.45, 7) is 8.06. The first-order valence-corrected chi connectivity index (χ1v) is 7.87. The lowest BCUT2D eigenvalue weighted by atomic mass is 9.99. The molecule has 1 aliphatic rings. The van der Waals surface area contributed by atoms with Crippen molar-refractivity contribution in [1.29, 1.82) is 0 Å². The Hall–Kier alpha value is -1.22. The Bertz CT molecular complexity index is 399. The molecule has 1 fully saturated rings. The van der Waals surface area contributed by atoms with Crippen molar-refractivity contribution in [2.45, 2.75) is 32.7 Å². The van der Waals surface area contributed by atoms with E-state index in [0.717, 1.165) is 25.6 Å². The molecule has 1 aromatic carbocycles. The Morgan fingerprint density at radius 1 is 1.30 bits per heavy atom. The maximum Gasteiger partial charge on any atom is 0.0368 e. The van der Waals surface area contributed by atoms with Gasteiger partial charge in [-0.2, -0.15) is 0 Å². The first-order chi connectivity index (χ1) is 9.61. The van der Waals surface area contributed by atoms with Gasteiger partial charge in [-0.1, -0.05) is 20.3 Å². The van der Waals surface area contributed by atoms with Crippen LogP contribution in [0.15, 0.2) is 24.3 Å². The minimum atomic E-state index is 0.607. The molecular formula is C17H29N3. The Kier molecular flexibility index (Phi) is 5.30. The average Bonchev–Trinajstić information content (AvgIpc) is 2.72. The van der Waals surface area contributed by atoms with Crippen LogP contribution in [0.2, 0.25) is 0 Å². The average molecular weight is 275 g/mol. The first kappa shape index (κ1) is 15.2. The van der Waals surface area contributed by atoms with Crippen molar-refractivity contribution in [2.75, 3.05) is 43.5 Å². The van der Waals surface area contributed by atoms with E-state index >= 15 is 0 Å². The van der Waals surface area contributed by atoms with Crippen LogP contribution in [0.5, 0.6) is 0 Å². The lowest BCUT2D eigenvalue weighted by Crippen LogP contribution is -2.42. The van der Waals surface area contributed by atoms with Gasteiger partial charge in [0.05, 0.1) is 0 Å². The molecule has 1 saturated heterocycles. The predicted molar refractivity (Wildman–Crippen MR) is 88.8 cm³/mol. The van der Waals surface area contributed by atoms with Gasteiger partial charge in [-0.15, -0.1) is 0 Å². The van der Waals surface area contributed by atoms with Gasteiger partial charge in [0.25, 0.3) is 0 Å². The monoisotopic (exact) mass is 275 g/mol. The second-order valence-electron chi connectivity index (χ2n) is 6.16. The Labute approximate surface area is 124 Å². The van der Waals surface area contributed by atoms with Gasteiger partial charge in [0.1, 0.15) is 0 Å². The fourth-order valence-electron chi connectivity index (χ4n) is 2.81. The molecule has 0 bridgehead atoms. The van der Waals surface area contributed by atoms with Crippen LogP contribution in [-0.4, -0.2) is 39.8 Å². The highest BCUT2D eigenvalue weighted by Gasteiger charge is 2.21. The SMILES string of the molecule is CCC(C)C1CN(c2ccc(N(C)C)cc2)CCCN1. The molecule has 0 aromatic heterocycles. The molecular weight excluding hydrogens is 246 g/mol. The van der Waals surface area contributed by atoms with Gasteiger partial charge >= 0.3 is 0 Å². The van der Waals surface area contributed by atoms with E-state index in [2.05, 4.69) is 67.3 Å². The number of hydrogen-bond donors (Lipinski definition) is 1. The van der Waals surface area contributed by atoms with Gasteiger partial charge in [-0.25, -0.2) is 0 Å². The second-order valence-corrected chi connectivity index (χ2v) is 6.16. The molecule has 3 nitrogen and oxygen atoms in total. The number of hydrogen-bond acceptors (Lipinski definition) is 3. The predicted octanol–water partition coefficient (Wildman–Crippen LogP) is 2.97. The minimum absolute atomic E-state index is 0.607. The summed E-state index contributed by atoms with van der Waals surface area (Å²) in [4.78, 5) is 4.69. The summed E-state index contributed by atoms with van der Waals surface area (Å²) in [5.41, 5.74) is 2.62. The van der Waals surface area contributed by atoms with Crippen LogP contribution in [-0.2, 0) is 0 Å². The van der Waals surface area contributed by atoms with Gasteiger partial charge in [0.15, 0.2) is 0 Å². The van der Waals surface area contributed by atoms with Crippen LogP contribution in [0.3, 0.4) is 0 Å². The fourth-order valence-corrected chi connectivity index (χ4v) is 2.81.